The van der Waals surface area contributed by atoms with Crippen LogP contribution in [-0.4, -0.2) is 11.5 Å². The highest BCUT2D eigenvalue weighted by Gasteiger charge is 1.98. The van der Waals surface area contributed by atoms with Crippen LogP contribution >= 0.6 is 23.5 Å². The van der Waals surface area contributed by atoms with Crippen molar-refractivity contribution >= 4 is 47.8 Å². The Morgan fingerprint density at radius 1 is 0.371 bits per heavy atom. The van der Waals surface area contributed by atoms with Crippen LogP contribution in [0, 0.1) is 0 Å². The molecule has 0 N–H and O–H groups in total. The third-order valence-corrected chi connectivity index (χ3v) is 7.82. The van der Waals surface area contributed by atoms with E-state index in [4.69, 9.17) is 0 Å². The van der Waals surface area contributed by atoms with Gasteiger partial charge < -0.3 is 0 Å². The maximum atomic E-state index is 2.24. The molecule has 35 heavy (non-hydrogen) atoms. The van der Waals surface area contributed by atoms with Crippen LogP contribution in [0.4, 0.5) is 0 Å². The molecule has 4 rings (SSSR count). The Balaban J connectivity index is 1.08. The molecule has 4 aromatic rings. The second-order valence-corrected chi connectivity index (χ2v) is 10.7. The molecule has 0 nitrogen and oxygen atoms in total. The van der Waals surface area contributed by atoms with Crippen LogP contribution in [0.3, 0.4) is 0 Å². The Labute approximate surface area is 219 Å². The van der Waals surface area contributed by atoms with Gasteiger partial charge in [-0.3, -0.25) is 0 Å². The first-order chi connectivity index (χ1) is 17.3. The van der Waals surface area contributed by atoms with Crippen molar-refractivity contribution in [2.24, 2.45) is 0 Å². The maximum Gasteiger partial charge on any atom is 0.00723 e. The van der Waals surface area contributed by atoms with Crippen LogP contribution in [0.1, 0.15) is 41.5 Å². The second-order valence-electron chi connectivity index (χ2n) is 8.38. The number of benzene rings is 4. The zero-order chi connectivity index (χ0) is 24.0. The summed E-state index contributed by atoms with van der Waals surface area (Å²) in [5, 5.41) is 0. The van der Waals surface area contributed by atoms with Crippen molar-refractivity contribution in [3.63, 3.8) is 0 Å². The Hall–Kier alpha value is -2.94. The largest absolute Gasteiger partial charge is 0.126 e. The van der Waals surface area contributed by atoms with Gasteiger partial charge in [-0.1, -0.05) is 116 Å². The van der Waals surface area contributed by atoms with E-state index in [2.05, 4.69) is 121 Å². The summed E-state index contributed by atoms with van der Waals surface area (Å²) in [4.78, 5) is 2.72. The van der Waals surface area contributed by atoms with Gasteiger partial charge >= 0.3 is 0 Å². The molecule has 2 heteroatoms. The van der Waals surface area contributed by atoms with E-state index >= 15 is 0 Å². The first-order valence-corrected chi connectivity index (χ1v) is 14.2. The molecule has 176 valence electrons. The highest BCUT2D eigenvalue weighted by atomic mass is 32.2. The van der Waals surface area contributed by atoms with Gasteiger partial charge in [-0.25, -0.2) is 0 Å². The van der Waals surface area contributed by atoms with E-state index in [0.29, 0.717) is 0 Å². The summed E-state index contributed by atoms with van der Waals surface area (Å²) >= 11 is 3.93. The lowest BCUT2D eigenvalue weighted by atomic mass is 10.1. The van der Waals surface area contributed by atoms with Crippen molar-refractivity contribution in [1.82, 2.24) is 0 Å². The molecule has 0 heterocycles. The molecule has 0 amide bonds. The molecule has 0 saturated heterocycles. The van der Waals surface area contributed by atoms with Crippen molar-refractivity contribution in [3.05, 3.63) is 131 Å². The molecular formula is C33H32S2. The van der Waals surface area contributed by atoms with Gasteiger partial charge in [-0.05, 0) is 70.9 Å². The van der Waals surface area contributed by atoms with Gasteiger partial charge in [-0.2, -0.15) is 0 Å². The lowest BCUT2D eigenvalue weighted by Gasteiger charge is -2.04. The van der Waals surface area contributed by atoms with Crippen LogP contribution in [0.15, 0.2) is 119 Å². The smallest absolute Gasteiger partial charge is 0.00723 e. The molecule has 4 aromatic carbocycles. The van der Waals surface area contributed by atoms with Gasteiger partial charge in [0.2, 0.25) is 0 Å². The summed E-state index contributed by atoms with van der Waals surface area (Å²) in [6, 6.07) is 38.7. The Kier molecular flexibility index (Phi) is 10.4. The first kappa shape index (κ1) is 25.2. The van der Waals surface area contributed by atoms with Gasteiger partial charge in [0.1, 0.15) is 0 Å². The molecule has 0 spiro atoms. The van der Waals surface area contributed by atoms with Gasteiger partial charge in [0.25, 0.3) is 0 Å². The quantitative estimate of drug-likeness (QED) is 0.110. The number of hydrogen-bond donors (Lipinski definition) is 0. The predicted molar refractivity (Wildman–Crippen MR) is 159 cm³/mol. The van der Waals surface area contributed by atoms with Gasteiger partial charge in [0, 0.05) is 9.79 Å². The summed E-state index contributed by atoms with van der Waals surface area (Å²) in [6.07, 6.45) is 12.5. The first-order valence-electron chi connectivity index (χ1n) is 12.3. The van der Waals surface area contributed by atoms with Crippen molar-refractivity contribution in [2.75, 3.05) is 11.5 Å². The van der Waals surface area contributed by atoms with Crippen molar-refractivity contribution < 1.29 is 0 Å². The third-order valence-electron chi connectivity index (χ3n) is 5.62. The van der Waals surface area contributed by atoms with Crippen LogP contribution in [0.25, 0.3) is 24.3 Å². The third kappa shape index (κ3) is 9.32. The average Bonchev–Trinajstić information content (AvgIpc) is 2.93. The van der Waals surface area contributed by atoms with E-state index < -0.39 is 0 Å². The molecule has 0 aliphatic carbocycles. The van der Waals surface area contributed by atoms with Crippen LogP contribution in [0.2, 0.25) is 0 Å². The van der Waals surface area contributed by atoms with Gasteiger partial charge in [0.15, 0.2) is 0 Å². The minimum Gasteiger partial charge on any atom is -0.126 e. The topological polar surface area (TPSA) is 0 Å². The Morgan fingerprint density at radius 2 is 0.714 bits per heavy atom. The van der Waals surface area contributed by atoms with E-state index in [9.17, 15) is 0 Å². The maximum absolute atomic E-state index is 2.24. The fourth-order valence-corrected chi connectivity index (χ4v) is 5.45. The molecule has 0 radical (unpaired) electrons. The van der Waals surface area contributed by atoms with E-state index in [1.165, 1.54) is 62.8 Å². The summed E-state index contributed by atoms with van der Waals surface area (Å²) in [6.45, 7) is 0. The lowest BCUT2D eigenvalue weighted by molar-refractivity contribution is 0.785. The molecule has 0 aromatic heterocycles. The van der Waals surface area contributed by atoms with E-state index in [-0.39, 0.29) is 0 Å². The van der Waals surface area contributed by atoms with Crippen LogP contribution in [-0.2, 0) is 0 Å². The van der Waals surface area contributed by atoms with E-state index in [0.717, 1.165) is 0 Å². The monoisotopic (exact) mass is 492 g/mol. The molecule has 0 bridgehead atoms. The Bertz CT molecular complexity index is 1080. The fourth-order valence-electron chi connectivity index (χ4n) is 3.62. The summed E-state index contributed by atoms with van der Waals surface area (Å²) in [5.74, 6) is 2.37. The normalized spacial score (nSPS) is 11.4. The number of unbranched alkanes of at least 4 members (excludes halogenated alkanes) is 2. The predicted octanol–water partition coefficient (Wildman–Crippen LogP) is 10.1. The molecule has 0 fully saturated rings. The summed E-state index contributed by atoms with van der Waals surface area (Å²) in [5.41, 5.74) is 4.96. The fraction of sp³-hybridized carbons (Fsp3) is 0.152. The molecule has 0 atom stereocenters. The van der Waals surface area contributed by atoms with E-state index in [1.807, 2.05) is 35.7 Å². The average molecular weight is 493 g/mol. The molecule has 0 aliphatic heterocycles. The highest BCUT2D eigenvalue weighted by Crippen LogP contribution is 2.23. The SMILES string of the molecule is C(=C\c1ccc(SCCCCCSc2ccc(/C=C/c3ccccc3)cc2)cc1)/c1ccccc1. The van der Waals surface area contributed by atoms with Gasteiger partial charge in [-0.15, -0.1) is 23.5 Å². The molecule has 0 saturated carbocycles. The highest BCUT2D eigenvalue weighted by molar-refractivity contribution is 7.99. The van der Waals surface area contributed by atoms with Crippen LogP contribution < -0.4 is 0 Å². The zero-order valence-corrected chi connectivity index (χ0v) is 21.7. The minimum absolute atomic E-state index is 1.19. The number of hydrogen-bond acceptors (Lipinski definition) is 2. The standard InChI is InChI=1S/C33H32S2/c1-4-10-28(11-5-1)14-16-30-18-22-32(23-19-30)34-26-8-3-9-27-35-33-24-20-31(21-25-33)17-15-29-12-6-2-7-13-29/h1-2,4-7,10-25H,3,8-9,26-27H2/b16-14+,17-15+. The van der Waals surface area contributed by atoms with Crippen LogP contribution in [0.5, 0.6) is 0 Å². The van der Waals surface area contributed by atoms with Crippen molar-refractivity contribution in [3.8, 4) is 0 Å². The van der Waals surface area contributed by atoms with Crippen molar-refractivity contribution in [1.29, 1.82) is 0 Å². The minimum atomic E-state index is 1.19. The second kappa shape index (κ2) is 14.5. The number of thioether (sulfide) groups is 2. The molecular weight excluding hydrogens is 460 g/mol. The summed E-state index contributed by atoms with van der Waals surface area (Å²) in [7, 11) is 0. The summed E-state index contributed by atoms with van der Waals surface area (Å²) < 4.78 is 0. The molecule has 0 aliphatic rings. The van der Waals surface area contributed by atoms with Crippen molar-refractivity contribution in [2.45, 2.75) is 29.1 Å². The lowest BCUT2D eigenvalue weighted by Crippen LogP contribution is -1.85. The Morgan fingerprint density at radius 3 is 1.09 bits per heavy atom. The molecule has 0 unspecified atom stereocenters. The number of rotatable bonds is 12. The zero-order valence-electron chi connectivity index (χ0n) is 20.1. The van der Waals surface area contributed by atoms with E-state index in [1.54, 1.807) is 0 Å². The van der Waals surface area contributed by atoms with Gasteiger partial charge in [0.05, 0.1) is 0 Å².